The molecule has 0 unspecified atom stereocenters. The second kappa shape index (κ2) is 10.3. The summed E-state index contributed by atoms with van der Waals surface area (Å²) in [6.45, 7) is 6.95. The monoisotopic (exact) mass is 431 g/mol. The Morgan fingerprint density at radius 1 is 1.17 bits per heavy atom. The summed E-state index contributed by atoms with van der Waals surface area (Å²) in [5.74, 6) is -1.63. The van der Waals surface area contributed by atoms with Crippen molar-refractivity contribution in [3.05, 3.63) is 24.3 Å². The molecule has 1 aliphatic heterocycles. The molecule has 0 saturated carbocycles. The number of hydrogen-bond donors (Lipinski definition) is 3. The lowest BCUT2D eigenvalue weighted by Crippen LogP contribution is -2.44. The standard InChI is InChI=1S/C16H24N2O3.C2H5NO4S/c1-16(2,3)21-15(19)18-10-8-14(9-11-18)20-13-6-4-12(17)5-7-13;3-8(6,7)1-2(4)5/h4-7,14H,8-11,17H2,1-3H3;1H2,(H,4,5)(H2,3,6,7). The number of ether oxygens (including phenoxy) is 2. The average molecular weight is 432 g/mol. The zero-order valence-electron chi connectivity index (χ0n) is 16.8. The molecule has 164 valence electrons. The van der Waals surface area contributed by atoms with Crippen LogP contribution in [0, 0.1) is 0 Å². The van der Waals surface area contributed by atoms with Crippen LogP contribution in [0.1, 0.15) is 33.6 Å². The normalized spacial score (nSPS) is 15.1. The Morgan fingerprint density at radius 3 is 2.07 bits per heavy atom. The van der Waals surface area contributed by atoms with E-state index in [-0.39, 0.29) is 12.2 Å². The molecule has 0 atom stereocenters. The Bertz CT molecular complexity index is 781. The first-order valence-electron chi connectivity index (χ1n) is 8.97. The van der Waals surface area contributed by atoms with E-state index in [9.17, 15) is 18.0 Å². The van der Waals surface area contributed by atoms with Crippen LogP contribution < -0.4 is 15.6 Å². The van der Waals surface area contributed by atoms with Crippen molar-refractivity contribution in [1.29, 1.82) is 0 Å². The van der Waals surface area contributed by atoms with Gasteiger partial charge < -0.3 is 25.2 Å². The van der Waals surface area contributed by atoms with Crippen molar-refractivity contribution in [3.8, 4) is 5.75 Å². The molecule has 1 aromatic carbocycles. The molecule has 1 saturated heterocycles. The maximum Gasteiger partial charge on any atom is 0.410 e. The van der Waals surface area contributed by atoms with Crippen molar-refractivity contribution >= 4 is 27.8 Å². The summed E-state index contributed by atoms with van der Waals surface area (Å²) in [5, 5.41) is 12.1. The average Bonchev–Trinajstić information content (AvgIpc) is 2.54. The van der Waals surface area contributed by atoms with Gasteiger partial charge in [-0.2, -0.15) is 0 Å². The van der Waals surface area contributed by atoms with Gasteiger partial charge in [-0.1, -0.05) is 0 Å². The number of rotatable bonds is 4. The lowest BCUT2D eigenvalue weighted by Gasteiger charge is -2.33. The number of hydrogen-bond acceptors (Lipinski definition) is 7. The molecule has 0 aliphatic carbocycles. The summed E-state index contributed by atoms with van der Waals surface area (Å²) in [7, 11) is -3.82. The third kappa shape index (κ3) is 11.2. The van der Waals surface area contributed by atoms with Gasteiger partial charge in [-0.25, -0.2) is 18.4 Å². The molecular weight excluding hydrogens is 402 g/mol. The molecule has 1 aliphatic rings. The first-order valence-corrected chi connectivity index (χ1v) is 10.7. The topological polar surface area (TPSA) is 162 Å². The van der Waals surface area contributed by atoms with Crippen LogP contribution in [0.5, 0.6) is 5.75 Å². The van der Waals surface area contributed by atoms with Gasteiger partial charge in [0.15, 0.2) is 5.75 Å². The van der Waals surface area contributed by atoms with Crippen LogP contribution in [-0.2, 0) is 19.6 Å². The van der Waals surface area contributed by atoms with Gasteiger partial charge in [-0.05, 0) is 45.0 Å². The Kier molecular flexibility index (Phi) is 8.71. The van der Waals surface area contributed by atoms with Crippen molar-refractivity contribution in [2.24, 2.45) is 5.14 Å². The van der Waals surface area contributed by atoms with Crippen LogP contribution in [0.15, 0.2) is 24.3 Å². The second-order valence-corrected chi connectivity index (χ2v) is 9.17. The summed E-state index contributed by atoms with van der Waals surface area (Å²) in [6, 6.07) is 7.39. The Morgan fingerprint density at radius 2 is 1.69 bits per heavy atom. The fraction of sp³-hybridized carbons (Fsp3) is 0.556. The second-order valence-electron chi connectivity index (χ2n) is 7.55. The molecule has 0 spiro atoms. The first-order chi connectivity index (χ1) is 13.2. The number of carboxylic acids is 1. The van der Waals surface area contributed by atoms with E-state index in [2.05, 4.69) is 5.14 Å². The fourth-order valence-electron chi connectivity index (χ4n) is 2.39. The number of primary sulfonamides is 1. The number of piperidine rings is 1. The lowest BCUT2D eigenvalue weighted by atomic mass is 10.1. The van der Waals surface area contributed by atoms with Gasteiger partial charge in [-0.15, -0.1) is 0 Å². The van der Waals surface area contributed by atoms with Crippen LogP contribution >= 0.6 is 0 Å². The van der Waals surface area contributed by atoms with E-state index in [1.165, 1.54) is 0 Å². The molecule has 1 heterocycles. The van der Waals surface area contributed by atoms with E-state index in [1.807, 2.05) is 45.0 Å². The quantitative estimate of drug-likeness (QED) is 0.603. The van der Waals surface area contributed by atoms with Gasteiger partial charge in [0.25, 0.3) is 0 Å². The lowest BCUT2D eigenvalue weighted by molar-refractivity contribution is -0.134. The summed E-state index contributed by atoms with van der Waals surface area (Å²) >= 11 is 0. The molecular formula is C18H29N3O7S. The van der Waals surface area contributed by atoms with Crippen LogP contribution in [0.3, 0.4) is 0 Å². The maximum atomic E-state index is 12.0. The van der Waals surface area contributed by atoms with Gasteiger partial charge in [0.1, 0.15) is 17.5 Å². The molecule has 1 fully saturated rings. The summed E-state index contributed by atoms with van der Waals surface area (Å²) in [4.78, 5) is 23.3. The first kappa shape index (κ1) is 24.5. The van der Waals surface area contributed by atoms with Crippen LogP contribution in [0.2, 0.25) is 0 Å². The molecule has 11 heteroatoms. The Hall–Kier alpha value is -2.53. The molecule has 0 aromatic heterocycles. The highest BCUT2D eigenvalue weighted by atomic mass is 32.2. The van der Waals surface area contributed by atoms with E-state index in [0.717, 1.165) is 24.3 Å². The van der Waals surface area contributed by atoms with Gasteiger partial charge in [0, 0.05) is 31.6 Å². The maximum absolute atomic E-state index is 12.0. The zero-order chi connectivity index (χ0) is 22.2. The summed E-state index contributed by atoms with van der Waals surface area (Å²) in [5.41, 5.74) is 5.92. The minimum atomic E-state index is -3.82. The number of sulfonamides is 1. The number of nitrogen functional groups attached to an aromatic ring is 1. The van der Waals surface area contributed by atoms with Crippen LogP contribution in [0.4, 0.5) is 10.5 Å². The van der Waals surface area contributed by atoms with E-state index in [1.54, 1.807) is 4.90 Å². The number of anilines is 1. The van der Waals surface area contributed by atoms with Gasteiger partial charge in [0.2, 0.25) is 10.0 Å². The van der Waals surface area contributed by atoms with Crippen molar-refractivity contribution < 1.29 is 32.6 Å². The highest BCUT2D eigenvalue weighted by molar-refractivity contribution is 7.89. The molecule has 0 radical (unpaired) electrons. The molecule has 10 nitrogen and oxygen atoms in total. The number of carbonyl (C=O) groups excluding carboxylic acids is 1. The Labute approximate surface area is 170 Å². The molecule has 1 amide bonds. The number of nitrogens with two attached hydrogens (primary N) is 2. The van der Waals surface area contributed by atoms with Crippen LogP contribution in [0.25, 0.3) is 0 Å². The smallest absolute Gasteiger partial charge is 0.410 e. The van der Waals surface area contributed by atoms with Crippen molar-refractivity contribution in [3.63, 3.8) is 0 Å². The summed E-state index contributed by atoms with van der Waals surface area (Å²) < 4.78 is 31.0. The SMILES string of the molecule is CC(C)(C)OC(=O)N1CCC(Oc2ccc(N)cc2)CC1.NS(=O)(=O)CC(=O)O. The number of benzene rings is 1. The summed E-state index contributed by atoms with van der Waals surface area (Å²) in [6.07, 6.45) is 1.51. The van der Waals surface area contributed by atoms with Crippen molar-refractivity contribution in [2.45, 2.75) is 45.3 Å². The van der Waals surface area contributed by atoms with Crippen molar-refractivity contribution in [2.75, 3.05) is 24.6 Å². The van der Waals surface area contributed by atoms with Crippen molar-refractivity contribution in [1.82, 2.24) is 4.90 Å². The third-order valence-corrected chi connectivity index (χ3v) is 4.25. The Balaban J connectivity index is 0.000000447. The van der Waals surface area contributed by atoms with E-state index >= 15 is 0 Å². The number of amides is 1. The zero-order valence-corrected chi connectivity index (χ0v) is 17.6. The fourth-order valence-corrected chi connectivity index (χ4v) is 2.74. The predicted molar refractivity (Wildman–Crippen MR) is 108 cm³/mol. The molecule has 0 bridgehead atoms. The molecule has 2 rings (SSSR count). The largest absolute Gasteiger partial charge is 0.490 e. The van der Waals surface area contributed by atoms with E-state index < -0.39 is 27.3 Å². The highest BCUT2D eigenvalue weighted by Gasteiger charge is 2.27. The van der Waals surface area contributed by atoms with E-state index in [0.29, 0.717) is 13.1 Å². The molecule has 1 aromatic rings. The van der Waals surface area contributed by atoms with Gasteiger partial charge in [0.05, 0.1) is 0 Å². The number of likely N-dealkylation sites (tertiary alicyclic amines) is 1. The van der Waals surface area contributed by atoms with Gasteiger partial charge >= 0.3 is 12.1 Å². The number of nitrogens with zero attached hydrogens (tertiary/aromatic N) is 1. The molecule has 29 heavy (non-hydrogen) atoms. The van der Waals surface area contributed by atoms with E-state index in [4.69, 9.17) is 20.3 Å². The number of carboxylic acid groups (broad SMARTS) is 1. The minimum absolute atomic E-state index is 0.132. The van der Waals surface area contributed by atoms with Crippen LogP contribution in [-0.4, -0.2) is 61.0 Å². The molecule has 5 N–H and O–H groups in total. The number of carbonyl (C=O) groups is 2. The van der Waals surface area contributed by atoms with Gasteiger partial charge in [-0.3, -0.25) is 4.79 Å². The number of aliphatic carboxylic acids is 1. The predicted octanol–water partition coefficient (Wildman–Crippen LogP) is 1.41. The minimum Gasteiger partial charge on any atom is -0.490 e. The third-order valence-electron chi connectivity index (χ3n) is 3.60. The highest BCUT2D eigenvalue weighted by Crippen LogP contribution is 2.21.